The topological polar surface area (TPSA) is 128 Å². The standard InChI is InChI=1S/C25H25ClN6O5S/c26-20-5-1-18(2-6-20)16-30-17-28-23-22(25(30)34)15-29-32(23)10-9-27-24(33)19-3-7-21(8-4-19)38(35,36)31-11-13-37-14-12-31/h1-8,15,17H,9-14,16H2,(H,27,33). The first-order valence-corrected chi connectivity index (χ1v) is 13.8. The van der Waals surface area contributed by atoms with Crippen LogP contribution in [-0.4, -0.2) is 70.8 Å². The molecule has 0 spiro atoms. The second-order valence-corrected chi connectivity index (χ2v) is 11.1. The van der Waals surface area contributed by atoms with E-state index in [4.69, 9.17) is 16.3 Å². The van der Waals surface area contributed by atoms with Gasteiger partial charge in [-0.3, -0.25) is 14.2 Å². The summed E-state index contributed by atoms with van der Waals surface area (Å²) < 4.78 is 35.2. The Morgan fingerprint density at radius 1 is 1.05 bits per heavy atom. The highest BCUT2D eigenvalue weighted by molar-refractivity contribution is 7.89. The Hall–Kier alpha value is -3.58. The van der Waals surface area contributed by atoms with E-state index >= 15 is 0 Å². The summed E-state index contributed by atoms with van der Waals surface area (Å²) in [6.45, 7) is 2.22. The lowest BCUT2D eigenvalue weighted by atomic mass is 10.2. The molecular formula is C25H25ClN6O5S. The van der Waals surface area contributed by atoms with E-state index in [0.29, 0.717) is 61.0 Å². The summed E-state index contributed by atoms with van der Waals surface area (Å²) in [5.74, 6) is -0.352. The van der Waals surface area contributed by atoms with E-state index in [1.807, 2.05) is 12.1 Å². The first-order valence-electron chi connectivity index (χ1n) is 11.9. The number of sulfonamides is 1. The van der Waals surface area contributed by atoms with Crippen molar-refractivity contribution >= 4 is 38.6 Å². The van der Waals surface area contributed by atoms with Gasteiger partial charge in [-0.15, -0.1) is 0 Å². The minimum atomic E-state index is -3.63. The van der Waals surface area contributed by atoms with Gasteiger partial charge in [0.2, 0.25) is 10.0 Å². The van der Waals surface area contributed by atoms with Gasteiger partial charge in [0.1, 0.15) is 11.7 Å². The number of halogens is 1. The number of carbonyl (C=O) groups excluding carboxylic acids is 1. The van der Waals surface area contributed by atoms with Gasteiger partial charge in [-0.1, -0.05) is 23.7 Å². The summed E-state index contributed by atoms with van der Waals surface area (Å²) in [4.78, 5) is 30.0. The van der Waals surface area contributed by atoms with Crippen molar-refractivity contribution in [2.75, 3.05) is 32.8 Å². The highest BCUT2D eigenvalue weighted by Crippen LogP contribution is 2.18. The molecule has 1 aliphatic heterocycles. The number of nitrogens with one attached hydrogen (secondary N) is 1. The first kappa shape index (κ1) is 26.0. The normalized spacial score (nSPS) is 14.6. The number of hydrogen-bond donors (Lipinski definition) is 1. The van der Waals surface area contributed by atoms with Gasteiger partial charge in [0.05, 0.1) is 37.4 Å². The zero-order chi connectivity index (χ0) is 26.7. The number of ether oxygens (including phenoxy) is 1. The molecule has 0 saturated carbocycles. The van der Waals surface area contributed by atoms with E-state index in [0.717, 1.165) is 5.56 Å². The van der Waals surface area contributed by atoms with Crippen LogP contribution in [0.3, 0.4) is 0 Å². The van der Waals surface area contributed by atoms with Gasteiger partial charge in [0.15, 0.2) is 5.65 Å². The number of benzene rings is 2. The highest BCUT2D eigenvalue weighted by Gasteiger charge is 2.26. The smallest absolute Gasteiger partial charge is 0.264 e. The van der Waals surface area contributed by atoms with Crippen LogP contribution in [0.25, 0.3) is 11.0 Å². The van der Waals surface area contributed by atoms with Crippen LogP contribution in [-0.2, 0) is 27.8 Å². The van der Waals surface area contributed by atoms with E-state index in [9.17, 15) is 18.0 Å². The van der Waals surface area contributed by atoms with Crippen molar-refractivity contribution in [1.29, 1.82) is 0 Å². The fourth-order valence-electron chi connectivity index (χ4n) is 4.15. The van der Waals surface area contributed by atoms with Crippen molar-refractivity contribution in [2.45, 2.75) is 18.0 Å². The number of hydrogen-bond acceptors (Lipinski definition) is 7. The summed E-state index contributed by atoms with van der Waals surface area (Å²) in [5.41, 5.74) is 1.46. The molecular weight excluding hydrogens is 532 g/mol. The maximum atomic E-state index is 12.9. The molecule has 198 valence electrons. The third-order valence-electron chi connectivity index (χ3n) is 6.22. The molecule has 13 heteroatoms. The van der Waals surface area contributed by atoms with Crippen LogP contribution < -0.4 is 10.9 Å². The summed E-state index contributed by atoms with van der Waals surface area (Å²) in [5, 5.41) is 8.05. The van der Waals surface area contributed by atoms with Gasteiger partial charge in [0.25, 0.3) is 11.5 Å². The average Bonchev–Trinajstić information content (AvgIpc) is 3.35. The van der Waals surface area contributed by atoms with Crippen molar-refractivity contribution in [3.8, 4) is 0 Å². The third-order valence-corrected chi connectivity index (χ3v) is 8.39. The Bertz CT molecular complexity index is 1610. The van der Waals surface area contributed by atoms with E-state index in [2.05, 4.69) is 15.4 Å². The average molecular weight is 557 g/mol. The number of fused-ring (bicyclic) bond motifs is 1. The van der Waals surface area contributed by atoms with Crippen LogP contribution in [0.4, 0.5) is 0 Å². The molecule has 5 rings (SSSR count). The van der Waals surface area contributed by atoms with Gasteiger partial charge >= 0.3 is 0 Å². The fraction of sp³-hybridized carbons (Fsp3) is 0.280. The molecule has 38 heavy (non-hydrogen) atoms. The lowest BCUT2D eigenvalue weighted by Crippen LogP contribution is -2.40. The Kier molecular flexibility index (Phi) is 7.56. The predicted octanol–water partition coefficient (Wildman–Crippen LogP) is 1.75. The molecule has 2 aromatic heterocycles. The second-order valence-electron chi connectivity index (χ2n) is 8.71. The van der Waals surface area contributed by atoms with Gasteiger partial charge in [-0.05, 0) is 42.0 Å². The highest BCUT2D eigenvalue weighted by atomic mass is 35.5. The number of carbonyl (C=O) groups is 1. The Morgan fingerprint density at radius 2 is 1.76 bits per heavy atom. The number of amides is 1. The molecule has 1 N–H and O–H groups in total. The molecule has 0 unspecified atom stereocenters. The Balaban J connectivity index is 1.20. The van der Waals surface area contributed by atoms with Gasteiger partial charge in [0, 0.05) is 30.2 Å². The van der Waals surface area contributed by atoms with Crippen molar-refractivity contribution in [1.82, 2.24) is 29.0 Å². The molecule has 1 saturated heterocycles. The number of aromatic nitrogens is 4. The van der Waals surface area contributed by atoms with Gasteiger partial charge < -0.3 is 10.1 Å². The maximum Gasteiger partial charge on any atom is 0.264 e. The van der Waals surface area contributed by atoms with Crippen molar-refractivity contribution in [3.05, 3.63) is 87.6 Å². The minimum absolute atomic E-state index is 0.131. The quantitative estimate of drug-likeness (QED) is 0.350. The molecule has 0 bridgehead atoms. The number of morpholine rings is 1. The lowest BCUT2D eigenvalue weighted by Gasteiger charge is -2.26. The number of nitrogens with zero attached hydrogens (tertiary/aromatic N) is 5. The van der Waals surface area contributed by atoms with Crippen LogP contribution in [0.5, 0.6) is 0 Å². The van der Waals surface area contributed by atoms with Crippen LogP contribution in [0, 0.1) is 0 Å². The van der Waals surface area contributed by atoms with Gasteiger partial charge in [-0.2, -0.15) is 9.40 Å². The Labute approximate surface area is 223 Å². The Morgan fingerprint density at radius 3 is 2.47 bits per heavy atom. The SMILES string of the molecule is O=C(NCCn1ncc2c(=O)n(Cc3ccc(Cl)cc3)cnc21)c1ccc(S(=O)(=O)N2CCOCC2)cc1. The summed E-state index contributed by atoms with van der Waals surface area (Å²) in [6.07, 6.45) is 2.95. The monoisotopic (exact) mass is 556 g/mol. The number of rotatable bonds is 8. The summed E-state index contributed by atoms with van der Waals surface area (Å²) in [6, 6.07) is 13.1. The second kappa shape index (κ2) is 11.0. The molecule has 11 nitrogen and oxygen atoms in total. The van der Waals surface area contributed by atoms with Crippen molar-refractivity contribution in [3.63, 3.8) is 0 Å². The van der Waals surface area contributed by atoms with E-state index in [1.165, 1.54) is 45.7 Å². The molecule has 1 amide bonds. The summed E-state index contributed by atoms with van der Waals surface area (Å²) >= 11 is 5.93. The molecule has 0 atom stereocenters. The van der Waals surface area contributed by atoms with Gasteiger partial charge in [-0.25, -0.2) is 18.1 Å². The molecule has 3 heterocycles. The summed E-state index contributed by atoms with van der Waals surface area (Å²) in [7, 11) is -3.63. The van der Waals surface area contributed by atoms with Crippen molar-refractivity contribution in [2.24, 2.45) is 0 Å². The van der Waals surface area contributed by atoms with Crippen molar-refractivity contribution < 1.29 is 17.9 Å². The van der Waals surface area contributed by atoms with Crippen LogP contribution in [0.1, 0.15) is 15.9 Å². The predicted molar refractivity (Wildman–Crippen MR) is 141 cm³/mol. The molecule has 1 aliphatic rings. The van der Waals surface area contributed by atoms with Crippen LogP contribution in [0.2, 0.25) is 5.02 Å². The molecule has 1 fully saturated rings. The molecule has 0 aliphatic carbocycles. The first-order chi connectivity index (χ1) is 18.3. The maximum absolute atomic E-state index is 12.9. The molecule has 4 aromatic rings. The molecule has 2 aromatic carbocycles. The third kappa shape index (κ3) is 5.48. The van der Waals surface area contributed by atoms with E-state index in [-0.39, 0.29) is 22.9 Å². The minimum Gasteiger partial charge on any atom is -0.379 e. The van der Waals surface area contributed by atoms with E-state index in [1.54, 1.807) is 16.8 Å². The zero-order valence-corrected chi connectivity index (χ0v) is 21.9. The zero-order valence-electron chi connectivity index (χ0n) is 20.3. The van der Waals surface area contributed by atoms with Crippen LogP contribution in [0.15, 0.2) is 70.7 Å². The fourth-order valence-corrected chi connectivity index (χ4v) is 5.69. The van der Waals surface area contributed by atoms with Crippen LogP contribution >= 0.6 is 11.6 Å². The molecule has 0 radical (unpaired) electrons. The largest absolute Gasteiger partial charge is 0.379 e. The lowest BCUT2D eigenvalue weighted by molar-refractivity contribution is 0.0730. The van der Waals surface area contributed by atoms with E-state index < -0.39 is 10.0 Å².